The average molecular weight is 260 g/mol. The highest BCUT2D eigenvalue weighted by molar-refractivity contribution is 9.11. The van der Waals surface area contributed by atoms with E-state index in [4.69, 9.17) is 0 Å². The summed E-state index contributed by atoms with van der Waals surface area (Å²) in [6.07, 6.45) is 1.39. The zero-order chi connectivity index (χ0) is 9.26. The second kappa shape index (κ2) is 3.47. The molecule has 0 aliphatic rings. The fourth-order valence-electron chi connectivity index (χ4n) is 0.978. The van der Waals surface area contributed by atoms with Crippen LogP contribution in [0, 0.1) is 0 Å². The topological polar surface area (TPSA) is 50.7 Å². The number of aromatic nitrogens is 3. The third-order valence-electron chi connectivity index (χ3n) is 1.55. The molecular weight excluding hydrogens is 254 g/mol. The summed E-state index contributed by atoms with van der Waals surface area (Å²) >= 11 is 4.96. The van der Waals surface area contributed by atoms with E-state index in [0.29, 0.717) is 6.54 Å². The third-order valence-corrected chi connectivity index (χ3v) is 3.16. The van der Waals surface area contributed by atoms with Crippen LogP contribution in [0.25, 0.3) is 0 Å². The van der Waals surface area contributed by atoms with Gasteiger partial charge in [-0.2, -0.15) is 5.10 Å². The first kappa shape index (κ1) is 8.71. The van der Waals surface area contributed by atoms with Crippen molar-refractivity contribution in [1.29, 1.82) is 0 Å². The predicted molar refractivity (Wildman–Crippen MR) is 54.0 cm³/mol. The van der Waals surface area contributed by atoms with Gasteiger partial charge >= 0.3 is 5.69 Å². The van der Waals surface area contributed by atoms with Crippen molar-refractivity contribution in [3.8, 4) is 0 Å². The first-order chi connectivity index (χ1) is 6.25. The van der Waals surface area contributed by atoms with Crippen molar-refractivity contribution in [1.82, 2.24) is 14.8 Å². The van der Waals surface area contributed by atoms with E-state index in [2.05, 4.69) is 26.0 Å². The smallest absolute Gasteiger partial charge is 0.295 e. The standard InChI is InChI=1S/C7H6BrN3OS/c8-6-2-1-5(13-6)3-11-7(12)9-4-10-11/h1-2,4H,3H2,(H,9,10,12). The van der Waals surface area contributed by atoms with E-state index in [1.54, 1.807) is 11.3 Å². The van der Waals surface area contributed by atoms with Crippen LogP contribution in [0.2, 0.25) is 0 Å². The van der Waals surface area contributed by atoms with Gasteiger partial charge in [-0.05, 0) is 28.1 Å². The molecular formula is C7H6BrN3OS. The molecule has 0 fully saturated rings. The summed E-state index contributed by atoms with van der Waals surface area (Å²) in [4.78, 5) is 14.7. The molecule has 68 valence electrons. The summed E-state index contributed by atoms with van der Waals surface area (Å²) in [7, 11) is 0. The molecule has 13 heavy (non-hydrogen) atoms. The van der Waals surface area contributed by atoms with Gasteiger partial charge in [-0.25, -0.2) is 9.48 Å². The van der Waals surface area contributed by atoms with Crippen LogP contribution in [0.15, 0.2) is 27.0 Å². The van der Waals surface area contributed by atoms with Crippen LogP contribution in [0.4, 0.5) is 0 Å². The van der Waals surface area contributed by atoms with Gasteiger partial charge in [-0.15, -0.1) is 11.3 Å². The lowest BCUT2D eigenvalue weighted by Gasteiger charge is -1.93. The lowest BCUT2D eigenvalue weighted by molar-refractivity contribution is 0.666. The number of thiophene rings is 1. The Labute approximate surface area is 86.3 Å². The summed E-state index contributed by atoms with van der Waals surface area (Å²) in [5, 5.41) is 3.86. The van der Waals surface area contributed by atoms with Gasteiger partial charge < -0.3 is 0 Å². The van der Waals surface area contributed by atoms with Crippen molar-refractivity contribution in [2.45, 2.75) is 6.54 Å². The predicted octanol–water partition coefficient (Wildman–Crippen LogP) is 1.44. The lowest BCUT2D eigenvalue weighted by Crippen LogP contribution is -2.18. The molecule has 0 amide bonds. The maximum atomic E-state index is 11.1. The molecule has 0 saturated carbocycles. The Hall–Kier alpha value is -0.880. The van der Waals surface area contributed by atoms with Crippen LogP contribution in [-0.2, 0) is 6.54 Å². The number of aromatic amines is 1. The van der Waals surface area contributed by atoms with E-state index in [1.165, 1.54) is 11.0 Å². The van der Waals surface area contributed by atoms with Crippen LogP contribution in [-0.4, -0.2) is 14.8 Å². The molecule has 0 aliphatic heterocycles. The first-order valence-electron chi connectivity index (χ1n) is 3.60. The minimum absolute atomic E-state index is 0.176. The Balaban J connectivity index is 2.24. The van der Waals surface area contributed by atoms with Gasteiger partial charge in [0.05, 0.1) is 10.3 Å². The molecule has 0 aliphatic carbocycles. The molecule has 2 heterocycles. The van der Waals surface area contributed by atoms with Gasteiger partial charge in [0.25, 0.3) is 0 Å². The number of nitrogens with zero attached hydrogens (tertiary/aromatic N) is 2. The molecule has 0 bridgehead atoms. The monoisotopic (exact) mass is 259 g/mol. The van der Waals surface area contributed by atoms with Gasteiger partial charge in [0.1, 0.15) is 6.33 Å². The van der Waals surface area contributed by atoms with Crippen molar-refractivity contribution >= 4 is 27.3 Å². The largest absolute Gasteiger partial charge is 0.343 e. The number of hydrogen-bond acceptors (Lipinski definition) is 3. The molecule has 2 aromatic heterocycles. The van der Waals surface area contributed by atoms with Crippen LogP contribution in [0.1, 0.15) is 4.88 Å². The molecule has 4 nitrogen and oxygen atoms in total. The van der Waals surface area contributed by atoms with E-state index >= 15 is 0 Å². The van der Waals surface area contributed by atoms with Gasteiger partial charge in [0.15, 0.2) is 0 Å². The van der Waals surface area contributed by atoms with Crippen LogP contribution in [0.5, 0.6) is 0 Å². The van der Waals surface area contributed by atoms with Gasteiger partial charge in [-0.1, -0.05) is 0 Å². The van der Waals surface area contributed by atoms with Gasteiger partial charge in [0, 0.05) is 4.88 Å². The molecule has 2 rings (SSSR count). The van der Waals surface area contributed by atoms with E-state index in [-0.39, 0.29) is 5.69 Å². The maximum absolute atomic E-state index is 11.1. The second-order valence-corrected chi connectivity index (χ2v) is 5.01. The molecule has 0 saturated heterocycles. The van der Waals surface area contributed by atoms with Crippen molar-refractivity contribution in [3.05, 3.63) is 37.6 Å². The molecule has 6 heteroatoms. The second-order valence-electron chi connectivity index (χ2n) is 2.46. The quantitative estimate of drug-likeness (QED) is 0.888. The third kappa shape index (κ3) is 1.89. The molecule has 1 N–H and O–H groups in total. The Bertz CT molecular complexity index is 458. The Morgan fingerprint density at radius 2 is 2.46 bits per heavy atom. The number of hydrogen-bond donors (Lipinski definition) is 1. The zero-order valence-corrected chi connectivity index (χ0v) is 8.93. The first-order valence-corrected chi connectivity index (χ1v) is 5.21. The van der Waals surface area contributed by atoms with Crippen LogP contribution in [0.3, 0.4) is 0 Å². The highest BCUT2D eigenvalue weighted by atomic mass is 79.9. The number of rotatable bonds is 2. The number of halogens is 1. The molecule has 0 atom stereocenters. The van der Waals surface area contributed by atoms with Crippen LogP contribution < -0.4 is 5.69 Å². The van der Waals surface area contributed by atoms with Crippen molar-refractivity contribution < 1.29 is 0 Å². The van der Waals surface area contributed by atoms with E-state index in [0.717, 1.165) is 8.66 Å². The molecule has 0 aromatic carbocycles. The van der Waals surface area contributed by atoms with E-state index in [9.17, 15) is 4.79 Å². The normalized spacial score (nSPS) is 10.5. The van der Waals surface area contributed by atoms with E-state index in [1.807, 2.05) is 12.1 Å². The van der Waals surface area contributed by atoms with E-state index < -0.39 is 0 Å². The highest BCUT2D eigenvalue weighted by Crippen LogP contribution is 2.22. The summed E-state index contributed by atoms with van der Waals surface area (Å²) < 4.78 is 2.45. The van der Waals surface area contributed by atoms with Crippen molar-refractivity contribution in [3.63, 3.8) is 0 Å². The highest BCUT2D eigenvalue weighted by Gasteiger charge is 2.01. The lowest BCUT2D eigenvalue weighted by atomic mass is 10.5. The minimum atomic E-state index is -0.176. The summed E-state index contributed by atoms with van der Waals surface area (Å²) in [5.41, 5.74) is -0.176. The molecule has 0 radical (unpaired) electrons. The maximum Gasteiger partial charge on any atom is 0.343 e. The van der Waals surface area contributed by atoms with Crippen LogP contribution >= 0.6 is 27.3 Å². The fourth-order valence-corrected chi connectivity index (χ4v) is 2.44. The van der Waals surface area contributed by atoms with Gasteiger partial charge in [0.2, 0.25) is 0 Å². The molecule has 0 spiro atoms. The van der Waals surface area contributed by atoms with Crippen molar-refractivity contribution in [2.75, 3.05) is 0 Å². The SMILES string of the molecule is O=c1[nH]cnn1Cc1ccc(Br)s1. The molecule has 0 unspecified atom stereocenters. The Morgan fingerprint density at radius 1 is 1.62 bits per heavy atom. The summed E-state index contributed by atoms with van der Waals surface area (Å²) in [6, 6.07) is 3.92. The number of nitrogens with one attached hydrogen (secondary N) is 1. The number of H-pyrrole nitrogens is 1. The zero-order valence-electron chi connectivity index (χ0n) is 6.53. The molecule has 2 aromatic rings. The minimum Gasteiger partial charge on any atom is -0.295 e. The summed E-state index contributed by atoms with van der Waals surface area (Å²) in [6.45, 7) is 0.526. The fraction of sp³-hybridized carbons (Fsp3) is 0.143. The Kier molecular flexibility index (Phi) is 2.32. The van der Waals surface area contributed by atoms with Crippen molar-refractivity contribution in [2.24, 2.45) is 0 Å². The average Bonchev–Trinajstić information content (AvgIpc) is 2.64. The Morgan fingerprint density at radius 3 is 3.00 bits per heavy atom. The summed E-state index contributed by atoms with van der Waals surface area (Å²) in [5.74, 6) is 0. The van der Waals surface area contributed by atoms with Gasteiger partial charge in [-0.3, -0.25) is 4.98 Å².